The highest BCUT2D eigenvalue weighted by Gasteiger charge is 2.41. The van der Waals surface area contributed by atoms with Crippen LogP contribution in [0.4, 0.5) is 18.9 Å². The summed E-state index contributed by atoms with van der Waals surface area (Å²) >= 11 is 0. The van der Waals surface area contributed by atoms with Gasteiger partial charge in [0.25, 0.3) is 0 Å². The van der Waals surface area contributed by atoms with Gasteiger partial charge in [-0.3, -0.25) is 5.43 Å². The van der Waals surface area contributed by atoms with Crippen molar-refractivity contribution in [2.45, 2.75) is 20.0 Å². The first-order chi connectivity index (χ1) is 13.3. The Morgan fingerprint density at radius 2 is 1.75 bits per heavy atom. The highest BCUT2D eigenvalue weighted by Crippen LogP contribution is 2.34. The molecule has 0 saturated heterocycles. The maximum Gasteiger partial charge on any atom is 0.434 e. The molecule has 0 aliphatic carbocycles. The van der Waals surface area contributed by atoms with Crippen LogP contribution in [0.5, 0.6) is 0 Å². The zero-order valence-electron chi connectivity index (χ0n) is 15.0. The van der Waals surface area contributed by atoms with E-state index in [9.17, 15) is 18.0 Å². The molecule has 0 aliphatic rings. The highest BCUT2D eigenvalue weighted by atomic mass is 19.4. The Hall–Kier alpha value is -3.33. The van der Waals surface area contributed by atoms with Crippen LogP contribution < -0.4 is 11.0 Å². The van der Waals surface area contributed by atoms with E-state index in [1.54, 1.807) is 37.3 Å². The van der Waals surface area contributed by atoms with Gasteiger partial charge >= 0.3 is 12.1 Å². The molecule has 0 bridgehead atoms. The second-order valence-corrected chi connectivity index (χ2v) is 6.14. The van der Waals surface area contributed by atoms with Crippen molar-refractivity contribution in [2.75, 3.05) is 5.43 Å². The van der Waals surface area contributed by atoms with Crippen LogP contribution in [-0.4, -0.2) is 15.7 Å². The fraction of sp³-hybridized carbons (Fsp3) is 0.158. The highest BCUT2D eigenvalue weighted by molar-refractivity contribution is 5.90. The number of nitrogens with zero attached hydrogens (tertiary/aromatic N) is 2. The number of hydrogen-bond donors (Lipinski definition) is 2. The average Bonchev–Trinajstić information content (AvgIpc) is 3.07. The molecule has 6 nitrogen and oxygen atoms in total. The molecule has 0 fully saturated rings. The van der Waals surface area contributed by atoms with Crippen LogP contribution in [0.25, 0.3) is 5.69 Å². The third kappa shape index (κ3) is 4.32. The van der Waals surface area contributed by atoms with Crippen molar-refractivity contribution < 1.29 is 22.8 Å². The van der Waals surface area contributed by atoms with Gasteiger partial charge in [0, 0.05) is 0 Å². The maximum atomic E-state index is 13.6. The summed E-state index contributed by atoms with van der Waals surface area (Å²) in [6.07, 6.45) is -3.97. The molecule has 1 heterocycles. The number of aryl methyl sites for hydroxylation is 2. The standard InChI is InChI=1S/C19H17F3N4O2/c1-12-5-3-7-14(9-12)24-25-28-18(27)16-11-23-26(17(16)19(20,21)22)15-8-4-6-13(2)10-15/h3-11,24-25H,1-2H3. The van der Waals surface area contributed by atoms with E-state index in [0.29, 0.717) is 10.4 Å². The summed E-state index contributed by atoms with van der Waals surface area (Å²) in [4.78, 5) is 16.9. The van der Waals surface area contributed by atoms with E-state index in [4.69, 9.17) is 4.84 Å². The number of halogens is 3. The van der Waals surface area contributed by atoms with Gasteiger partial charge in [0.05, 0.1) is 17.6 Å². The zero-order chi connectivity index (χ0) is 20.3. The average molecular weight is 390 g/mol. The largest absolute Gasteiger partial charge is 0.434 e. The quantitative estimate of drug-likeness (QED) is 0.640. The number of hydrazine groups is 1. The van der Waals surface area contributed by atoms with Crippen molar-refractivity contribution in [1.82, 2.24) is 15.4 Å². The molecule has 3 rings (SSSR count). The molecule has 2 N–H and O–H groups in total. The molecule has 0 unspecified atom stereocenters. The van der Waals surface area contributed by atoms with E-state index in [-0.39, 0.29) is 5.69 Å². The summed E-state index contributed by atoms with van der Waals surface area (Å²) in [6.45, 7) is 3.61. The summed E-state index contributed by atoms with van der Waals surface area (Å²) in [5.41, 5.74) is 5.33. The Balaban J connectivity index is 1.82. The number of alkyl halides is 3. The Bertz CT molecular complexity index is 999. The van der Waals surface area contributed by atoms with Crippen molar-refractivity contribution >= 4 is 11.7 Å². The lowest BCUT2D eigenvalue weighted by Crippen LogP contribution is -2.27. The molecule has 0 radical (unpaired) electrons. The lowest BCUT2D eigenvalue weighted by molar-refractivity contribution is -0.143. The Labute approximate surface area is 158 Å². The third-order valence-corrected chi connectivity index (χ3v) is 3.86. The van der Waals surface area contributed by atoms with Gasteiger partial charge in [-0.15, -0.1) is 0 Å². The molecular weight excluding hydrogens is 373 g/mol. The molecule has 146 valence electrons. The molecule has 0 saturated carbocycles. The van der Waals surface area contributed by atoms with Crippen LogP contribution in [0.2, 0.25) is 0 Å². The molecular formula is C19H17F3N4O2. The summed E-state index contributed by atoms with van der Waals surface area (Å²) in [7, 11) is 0. The third-order valence-electron chi connectivity index (χ3n) is 3.86. The SMILES string of the molecule is Cc1cccc(NNOC(=O)c2cnn(-c3cccc(C)c3)c2C(F)(F)F)c1. The van der Waals surface area contributed by atoms with Gasteiger partial charge in [-0.25, -0.2) is 9.48 Å². The Morgan fingerprint density at radius 3 is 2.39 bits per heavy atom. The molecule has 0 atom stereocenters. The molecule has 0 aliphatic heterocycles. The van der Waals surface area contributed by atoms with Crippen LogP contribution in [-0.2, 0) is 11.0 Å². The summed E-state index contributed by atoms with van der Waals surface area (Å²) < 4.78 is 41.5. The van der Waals surface area contributed by atoms with Gasteiger partial charge in [-0.2, -0.15) is 18.3 Å². The predicted octanol–water partition coefficient (Wildman–Crippen LogP) is 4.20. The number of carbonyl (C=O) groups excluding carboxylic acids is 1. The van der Waals surface area contributed by atoms with Gasteiger partial charge in [-0.05, 0) is 49.2 Å². The molecule has 0 spiro atoms. The minimum Gasteiger partial charge on any atom is -0.346 e. The van der Waals surface area contributed by atoms with E-state index in [1.165, 1.54) is 12.1 Å². The summed E-state index contributed by atoms with van der Waals surface area (Å²) in [5, 5.41) is 3.74. The van der Waals surface area contributed by atoms with Crippen LogP contribution in [0.1, 0.15) is 27.2 Å². The van der Waals surface area contributed by atoms with Crippen molar-refractivity contribution in [3.8, 4) is 5.69 Å². The molecule has 0 amide bonds. The van der Waals surface area contributed by atoms with Crippen molar-refractivity contribution in [3.05, 3.63) is 77.1 Å². The maximum absolute atomic E-state index is 13.6. The van der Waals surface area contributed by atoms with E-state index in [2.05, 4.69) is 16.1 Å². The van der Waals surface area contributed by atoms with Crippen LogP contribution in [0, 0.1) is 13.8 Å². The van der Waals surface area contributed by atoms with Crippen LogP contribution in [0.3, 0.4) is 0 Å². The number of anilines is 1. The molecule has 3 aromatic rings. The van der Waals surface area contributed by atoms with Crippen molar-refractivity contribution in [2.24, 2.45) is 0 Å². The van der Waals surface area contributed by atoms with Gasteiger partial charge in [0.2, 0.25) is 0 Å². The number of hydrogen-bond acceptors (Lipinski definition) is 5. The number of rotatable bonds is 5. The number of nitrogens with one attached hydrogen (secondary N) is 2. The van der Waals surface area contributed by atoms with Gasteiger partial charge in [0.1, 0.15) is 5.56 Å². The molecule has 28 heavy (non-hydrogen) atoms. The van der Waals surface area contributed by atoms with E-state index < -0.39 is 23.4 Å². The first-order valence-electron chi connectivity index (χ1n) is 8.27. The number of aromatic nitrogens is 2. The summed E-state index contributed by atoms with van der Waals surface area (Å²) in [5.74, 6) is -1.22. The first-order valence-corrected chi connectivity index (χ1v) is 8.27. The van der Waals surface area contributed by atoms with Gasteiger partial charge in [-0.1, -0.05) is 29.9 Å². The van der Waals surface area contributed by atoms with Crippen LogP contribution in [0.15, 0.2) is 54.7 Å². The van der Waals surface area contributed by atoms with Crippen molar-refractivity contribution in [3.63, 3.8) is 0 Å². The zero-order valence-corrected chi connectivity index (χ0v) is 15.0. The minimum absolute atomic E-state index is 0.192. The second kappa shape index (κ2) is 7.73. The number of benzene rings is 2. The van der Waals surface area contributed by atoms with Gasteiger partial charge < -0.3 is 4.84 Å². The summed E-state index contributed by atoms with van der Waals surface area (Å²) in [6, 6.07) is 13.5. The second-order valence-electron chi connectivity index (χ2n) is 6.14. The topological polar surface area (TPSA) is 68.2 Å². The van der Waals surface area contributed by atoms with Gasteiger partial charge in [0.15, 0.2) is 5.69 Å². The Morgan fingerprint density at radius 1 is 1.07 bits per heavy atom. The van der Waals surface area contributed by atoms with Crippen LogP contribution >= 0.6 is 0 Å². The molecule has 2 aromatic carbocycles. The fourth-order valence-electron chi connectivity index (χ4n) is 2.63. The van der Waals surface area contributed by atoms with E-state index >= 15 is 0 Å². The fourth-order valence-corrected chi connectivity index (χ4v) is 2.63. The lowest BCUT2D eigenvalue weighted by atomic mass is 10.2. The smallest absolute Gasteiger partial charge is 0.346 e. The minimum atomic E-state index is -4.81. The predicted molar refractivity (Wildman–Crippen MR) is 96.7 cm³/mol. The van der Waals surface area contributed by atoms with E-state index in [1.807, 2.05) is 13.0 Å². The first kappa shape index (κ1) is 19.4. The Kier molecular flexibility index (Phi) is 5.36. The monoisotopic (exact) mass is 390 g/mol. The normalized spacial score (nSPS) is 11.3. The lowest BCUT2D eigenvalue weighted by Gasteiger charge is -2.13. The van der Waals surface area contributed by atoms with Crippen molar-refractivity contribution in [1.29, 1.82) is 0 Å². The molecule has 1 aromatic heterocycles. The number of carbonyl (C=O) groups is 1. The molecule has 9 heteroatoms. The van der Waals surface area contributed by atoms with E-state index in [0.717, 1.165) is 17.3 Å².